The maximum atomic E-state index is 5.50. The predicted octanol–water partition coefficient (Wildman–Crippen LogP) is 3.99. The van der Waals surface area contributed by atoms with Crippen LogP contribution in [0, 0.1) is 17.8 Å². The molecule has 0 aromatic rings. The van der Waals surface area contributed by atoms with E-state index in [0.717, 1.165) is 37.4 Å². The zero-order chi connectivity index (χ0) is 12.1. The second-order valence-corrected chi connectivity index (χ2v) is 5.91. The van der Waals surface area contributed by atoms with Crippen LogP contribution in [0.3, 0.4) is 0 Å². The van der Waals surface area contributed by atoms with Gasteiger partial charge in [-0.3, -0.25) is 0 Å². The van der Waals surface area contributed by atoms with Crippen LogP contribution >= 0.6 is 0 Å². The molecule has 1 unspecified atom stereocenters. The first-order valence-corrected chi connectivity index (χ1v) is 7.52. The van der Waals surface area contributed by atoms with Crippen LogP contribution in [0.25, 0.3) is 0 Å². The van der Waals surface area contributed by atoms with Crippen molar-refractivity contribution in [2.45, 2.75) is 65.1 Å². The Bertz CT molecular complexity index is 203. The van der Waals surface area contributed by atoms with Crippen molar-refractivity contribution in [2.24, 2.45) is 17.8 Å². The van der Waals surface area contributed by atoms with Crippen LogP contribution in [0.15, 0.2) is 0 Å². The van der Waals surface area contributed by atoms with E-state index in [0.29, 0.717) is 0 Å². The van der Waals surface area contributed by atoms with E-state index in [2.05, 4.69) is 13.8 Å². The second-order valence-electron chi connectivity index (χ2n) is 5.91. The lowest BCUT2D eigenvalue weighted by Gasteiger charge is -2.32. The van der Waals surface area contributed by atoms with E-state index in [1.54, 1.807) is 0 Å². The molecule has 0 aromatic heterocycles. The first-order chi connectivity index (χ1) is 8.29. The van der Waals surface area contributed by atoms with Crippen molar-refractivity contribution in [3.63, 3.8) is 0 Å². The molecule has 1 atom stereocenters. The van der Waals surface area contributed by atoms with Gasteiger partial charge in [0.25, 0.3) is 0 Å². The van der Waals surface area contributed by atoms with Gasteiger partial charge in [0.15, 0.2) is 6.29 Å². The van der Waals surface area contributed by atoms with Crippen LogP contribution in [-0.2, 0) is 9.47 Å². The molecular formula is C15H28O2. The van der Waals surface area contributed by atoms with Gasteiger partial charge in [0.1, 0.15) is 0 Å². The number of rotatable bonds is 5. The van der Waals surface area contributed by atoms with Gasteiger partial charge >= 0.3 is 0 Å². The molecule has 0 radical (unpaired) electrons. The highest BCUT2D eigenvalue weighted by Crippen LogP contribution is 2.36. The van der Waals surface area contributed by atoms with E-state index in [1.165, 1.54) is 38.5 Å². The molecule has 0 spiro atoms. The predicted molar refractivity (Wildman–Crippen MR) is 69.8 cm³/mol. The molecule has 2 rings (SSSR count). The lowest BCUT2D eigenvalue weighted by atomic mass is 9.74. The first kappa shape index (κ1) is 13.4. The normalized spacial score (nSPS) is 32.8. The van der Waals surface area contributed by atoms with Crippen molar-refractivity contribution >= 4 is 0 Å². The number of hydrogen-bond acceptors (Lipinski definition) is 2. The maximum absolute atomic E-state index is 5.50. The minimum absolute atomic E-state index is 0.113. The van der Waals surface area contributed by atoms with Crippen LogP contribution in [0.4, 0.5) is 0 Å². The Kier molecular flexibility index (Phi) is 5.30. The standard InChI is InChI=1S/C15H28O2/c1-3-12(2)14-7-4-13(5-8-14)6-9-15-16-10-11-17-15/h12-15H,3-11H2,1-2H3. The van der Waals surface area contributed by atoms with Crippen molar-refractivity contribution < 1.29 is 9.47 Å². The summed E-state index contributed by atoms with van der Waals surface area (Å²) in [6.45, 7) is 6.34. The quantitative estimate of drug-likeness (QED) is 0.723. The molecule has 0 N–H and O–H groups in total. The molecule has 2 heteroatoms. The van der Waals surface area contributed by atoms with Crippen LogP contribution in [-0.4, -0.2) is 19.5 Å². The van der Waals surface area contributed by atoms with Crippen molar-refractivity contribution in [1.29, 1.82) is 0 Å². The summed E-state index contributed by atoms with van der Waals surface area (Å²) >= 11 is 0. The third kappa shape index (κ3) is 3.96. The van der Waals surface area contributed by atoms with Crippen molar-refractivity contribution in [1.82, 2.24) is 0 Å². The third-order valence-electron chi connectivity index (χ3n) is 4.84. The highest BCUT2D eigenvalue weighted by Gasteiger charge is 2.25. The average molecular weight is 240 g/mol. The Labute approximate surface area is 106 Å². The summed E-state index contributed by atoms with van der Waals surface area (Å²) in [6, 6.07) is 0. The molecule has 1 saturated heterocycles. The van der Waals surface area contributed by atoms with Gasteiger partial charge < -0.3 is 9.47 Å². The van der Waals surface area contributed by atoms with Crippen molar-refractivity contribution in [2.75, 3.05) is 13.2 Å². The Morgan fingerprint density at radius 1 is 1.00 bits per heavy atom. The van der Waals surface area contributed by atoms with Gasteiger partial charge in [-0.2, -0.15) is 0 Å². The van der Waals surface area contributed by atoms with Gasteiger partial charge in [-0.05, 0) is 43.4 Å². The van der Waals surface area contributed by atoms with E-state index in [1.807, 2.05) is 0 Å². The molecule has 1 saturated carbocycles. The molecule has 0 bridgehead atoms. The average Bonchev–Trinajstić information content (AvgIpc) is 2.89. The fraction of sp³-hybridized carbons (Fsp3) is 1.00. The zero-order valence-electron chi connectivity index (χ0n) is 11.5. The molecule has 2 aliphatic rings. The Balaban J connectivity index is 1.61. The van der Waals surface area contributed by atoms with Crippen LogP contribution in [0.5, 0.6) is 0 Å². The third-order valence-corrected chi connectivity index (χ3v) is 4.84. The highest BCUT2D eigenvalue weighted by atomic mass is 16.7. The maximum Gasteiger partial charge on any atom is 0.157 e. The van der Waals surface area contributed by atoms with Gasteiger partial charge in [0.05, 0.1) is 13.2 Å². The largest absolute Gasteiger partial charge is 0.350 e. The fourth-order valence-electron chi connectivity index (χ4n) is 3.32. The van der Waals surface area contributed by atoms with Gasteiger partial charge in [-0.15, -0.1) is 0 Å². The molecule has 17 heavy (non-hydrogen) atoms. The van der Waals surface area contributed by atoms with E-state index in [4.69, 9.17) is 9.47 Å². The van der Waals surface area contributed by atoms with Crippen LogP contribution in [0.1, 0.15) is 58.8 Å². The van der Waals surface area contributed by atoms with E-state index in [9.17, 15) is 0 Å². The molecule has 1 heterocycles. The molecule has 1 aliphatic heterocycles. The van der Waals surface area contributed by atoms with Crippen molar-refractivity contribution in [3.8, 4) is 0 Å². The fourth-order valence-corrected chi connectivity index (χ4v) is 3.32. The summed E-state index contributed by atoms with van der Waals surface area (Å²) in [5.41, 5.74) is 0. The monoisotopic (exact) mass is 240 g/mol. The van der Waals surface area contributed by atoms with Gasteiger partial charge in [-0.25, -0.2) is 0 Å². The SMILES string of the molecule is CCC(C)C1CCC(CCC2OCCO2)CC1. The van der Waals surface area contributed by atoms with Gasteiger partial charge in [0, 0.05) is 0 Å². The summed E-state index contributed by atoms with van der Waals surface area (Å²) in [5, 5.41) is 0. The summed E-state index contributed by atoms with van der Waals surface area (Å²) in [7, 11) is 0. The van der Waals surface area contributed by atoms with Gasteiger partial charge in [-0.1, -0.05) is 33.1 Å². The molecule has 0 aromatic carbocycles. The summed E-state index contributed by atoms with van der Waals surface area (Å²) < 4.78 is 11.0. The molecule has 1 aliphatic carbocycles. The highest BCUT2D eigenvalue weighted by molar-refractivity contribution is 4.76. The first-order valence-electron chi connectivity index (χ1n) is 7.52. The topological polar surface area (TPSA) is 18.5 Å². The summed E-state index contributed by atoms with van der Waals surface area (Å²) in [6.07, 6.45) is 9.64. The zero-order valence-corrected chi connectivity index (χ0v) is 11.5. The minimum Gasteiger partial charge on any atom is -0.350 e. The Hall–Kier alpha value is -0.0800. The van der Waals surface area contributed by atoms with E-state index < -0.39 is 0 Å². The molecule has 2 fully saturated rings. The number of hydrogen-bond donors (Lipinski definition) is 0. The Morgan fingerprint density at radius 3 is 2.24 bits per heavy atom. The van der Waals surface area contributed by atoms with Crippen LogP contribution < -0.4 is 0 Å². The summed E-state index contributed by atoms with van der Waals surface area (Å²) in [5.74, 6) is 2.86. The summed E-state index contributed by atoms with van der Waals surface area (Å²) in [4.78, 5) is 0. The lowest BCUT2D eigenvalue weighted by Crippen LogP contribution is -2.21. The second kappa shape index (κ2) is 6.75. The van der Waals surface area contributed by atoms with Crippen LogP contribution in [0.2, 0.25) is 0 Å². The van der Waals surface area contributed by atoms with Gasteiger partial charge in [0.2, 0.25) is 0 Å². The van der Waals surface area contributed by atoms with E-state index >= 15 is 0 Å². The molecule has 0 amide bonds. The van der Waals surface area contributed by atoms with E-state index in [-0.39, 0.29) is 6.29 Å². The Morgan fingerprint density at radius 2 is 1.65 bits per heavy atom. The molecular weight excluding hydrogens is 212 g/mol. The van der Waals surface area contributed by atoms with Crippen molar-refractivity contribution in [3.05, 3.63) is 0 Å². The number of ether oxygens (including phenoxy) is 2. The molecule has 2 nitrogen and oxygen atoms in total. The smallest absolute Gasteiger partial charge is 0.157 e. The molecule has 100 valence electrons. The minimum atomic E-state index is 0.113. The lowest BCUT2D eigenvalue weighted by molar-refractivity contribution is -0.0513.